The van der Waals surface area contributed by atoms with Crippen LogP contribution in [0.4, 0.5) is 0 Å². The topological polar surface area (TPSA) is 35.5 Å². The normalized spacial score (nSPS) is 3.61. The van der Waals surface area contributed by atoms with Gasteiger partial charge in [-0.05, 0) is 13.8 Å². The summed E-state index contributed by atoms with van der Waals surface area (Å²) in [6, 6.07) is 0. The molecule has 0 amide bonds. The first kappa shape index (κ1) is 222. The van der Waals surface area contributed by atoms with E-state index in [-0.39, 0.29) is 111 Å². The summed E-state index contributed by atoms with van der Waals surface area (Å²) in [6.45, 7) is 4.47. The summed E-state index contributed by atoms with van der Waals surface area (Å²) in [5.74, 6) is 0. The van der Waals surface area contributed by atoms with Crippen molar-refractivity contribution in [2.24, 2.45) is 0 Å². The lowest BCUT2D eigenvalue weighted by Crippen LogP contribution is -1.81. The predicted octanol–water partition coefficient (Wildman–Crippen LogP) is 11.0. The van der Waals surface area contributed by atoms with Crippen LogP contribution in [-0.4, -0.2) is 13.2 Å². The van der Waals surface area contributed by atoms with Gasteiger partial charge < -0.3 is 9.05 Å². The minimum Gasteiger partial charge on any atom is -0.311 e. The lowest BCUT2D eigenvalue weighted by Gasteiger charge is -1.97. The van der Waals surface area contributed by atoms with Crippen molar-refractivity contribution in [1.29, 1.82) is 0 Å². The van der Waals surface area contributed by atoms with Gasteiger partial charge in [0.2, 0.25) is 0 Å². The molecule has 0 atom stereocenters. The van der Waals surface area contributed by atoms with E-state index in [9.17, 15) is 4.57 Å². The molecule has 0 aromatic rings. The van der Waals surface area contributed by atoms with Crippen LogP contribution in [0.2, 0.25) is 0 Å². The van der Waals surface area contributed by atoms with E-state index in [1.807, 2.05) is 0 Å². The summed E-state index contributed by atoms with van der Waals surface area (Å²) in [6.07, 6.45) is 0. The van der Waals surface area contributed by atoms with Crippen molar-refractivity contribution in [3.8, 4) is 0 Å². The first-order chi connectivity index (χ1) is 3.81. The summed E-state index contributed by atoms with van der Waals surface area (Å²) < 4.78 is 19.6. The fourth-order valence-electron chi connectivity index (χ4n) is 0.277. The molecular weight excluding hydrogens is 307 g/mol. The van der Waals surface area contributed by atoms with Crippen LogP contribution < -0.4 is 0 Å². The average Bonchev–Trinajstić information content (AvgIpc) is 1.68. The van der Waals surface area contributed by atoms with Crippen molar-refractivity contribution < 1.29 is 13.6 Å². The maximum Gasteiger partial charge on any atom is 0.319 e. The Hall–Kier alpha value is 0.150. The summed E-state index contributed by atoms with van der Waals surface area (Å²) in [5.41, 5.74) is 0. The summed E-state index contributed by atoms with van der Waals surface area (Å²) in [5, 5.41) is 0. The van der Waals surface area contributed by atoms with Crippen molar-refractivity contribution in [2.45, 2.75) is 125 Å². The molecule has 0 fully saturated rings. The Morgan fingerprint density at radius 2 is 0.609 bits per heavy atom. The van der Waals surface area contributed by atoms with E-state index in [4.69, 9.17) is 0 Å². The first-order valence-corrected chi connectivity index (χ1v) is 3.83. The summed E-state index contributed by atoms with van der Waals surface area (Å²) >= 11 is 0. The van der Waals surface area contributed by atoms with Gasteiger partial charge in [-0.3, -0.25) is 4.57 Å². The third-order valence-electron chi connectivity index (χ3n) is 0.524. The highest BCUT2D eigenvalue weighted by atomic mass is 31.1. The highest BCUT2D eigenvalue weighted by Crippen LogP contribution is 2.21. The van der Waals surface area contributed by atoms with Crippen LogP contribution in [0.15, 0.2) is 0 Å². The van der Waals surface area contributed by atoms with Gasteiger partial charge >= 0.3 is 8.25 Å². The minimum atomic E-state index is -2.14. The van der Waals surface area contributed by atoms with Crippen LogP contribution in [0, 0.1) is 0 Å². The molecule has 4 heteroatoms. The van der Waals surface area contributed by atoms with Gasteiger partial charge in [-0.15, -0.1) is 0 Å². The van der Waals surface area contributed by atoms with E-state index < -0.39 is 8.25 Å². The van der Waals surface area contributed by atoms with E-state index in [1.54, 1.807) is 13.8 Å². The smallest absolute Gasteiger partial charge is 0.311 e. The highest BCUT2D eigenvalue weighted by molar-refractivity contribution is 7.33. The zero-order chi connectivity index (χ0) is 6.41. The maximum absolute atomic E-state index is 10.4. The molecule has 0 rings (SSSR count). The van der Waals surface area contributed by atoms with Crippen LogP contribution in [-0.2, 0) is 13.6 Å². The molecule has 0 saturated carbocycles. The number of hydrogen-bond donors (Lipinski definition) is 0. The van der Waals surface area contributed by atoms with Gasteiger partial charge in [0.05, 0.1) is 13.2 Å². The van der Waals surface area contributed by atoms with E-state index in [1.165, 1.54) is 0 Å². The van der Waals surface area contributed by atoms with Crippen molar-refractivity contribution in [2.75, 3.05) is 13.2 Å². The van der Waals surface area contributed by atoms with Gasteiger partial charge in [0, 0.05) is 0 Å². The van der Waals surface area contributed by atoms with Crippen LogP contribution in [0.3, 0.4) is 0 Å². The maximum atomic E-state index is 10.4. The second-order valence-corrected chi connectivity index (χ2v) is 2.19. The standard InChI is InChI=1S/C4H11O3P.15CH4/c1-3-6-8(5)7-4-2;;;;;;;;;;;;;;;/h8H,3-4H2,1-2H3;15*1H4. The number of hydrogen-bond acceptors (Lipinski definition) is 3. The van der Waals surface area contributed by atoms with E-state index in [0.29, 0.717) is 13.2 Å². The Kier molecular flexibility index (Phi) is 1870. The highest BCUT2D eigenvalue weighted by Gasteiger charge is 1.91. The molecule has 0 aliphatic heterocycles. The quantitative estimate of drug-likeness (QED) is 0.456. The second kappa shape index (κ2) is 194. The molecule has 0 radical (unpaired) electrons. The van der Waals surface area contributed by atoms with Crippen LogP contribution >= 0.6 is 8.25 Å². The van der Waals surface area contributed by atoms with E-state index >= 15 is 0 Å². The Morgan fingerprint density at radius 3 is 0.696 bits per heavy atom. The Bertz CT molecular complexity index is 73.0. The molecule has 23 heavy (non-hydrogen) atoms. The van der Waals surface area contributed by atoms with E-state index in [2.05, 4.69) is 9.05 Å². The van der Waals surface area contributed by atoms with Crippen molar-refractivity contribution in [3.05, 3.63) is 0 Å². The predicted molar refractivity (Wildman–Crippen MR) is 133 cm³/mol. The van der Waals surface area contributed by atoms with Crippen molar-refractivity contribution >= 4 is 8.25 Å². The second-order valence-electron chi connectivity index (χ2n) is 1.12. The zero-order valence-electron chi connectivity index (χ0n) is 5.14. The molecule has 170 valence electrons. The third kappa shape index (κ3) is 238. The summed E-state index contributed by atoms with van der Waals surface area (Å²) in [4.78, 5) is 0. The Morgan fingerprint density at radius 1 is 0.478 bits per heavy atom. The monoisotopic (exact) mass is 379 g/mol. The Balaban J connectivity index is -0.00000000233. The molecule has 0 heterocycles. The molecule has 0 aliphatic rings. The molecule has 0 unspecified atom stereocenters. The zero-order valence-corrected chi connectivity index (χ0v) is 6.14. The lowest BCUT2D eigenvalue weighted by molar-refractivity contribution is 0.243. The molecule has 0 aromatic carbocycles. The fraction of sp³-hybridized carbons (Fsp3) is 1.00. The molecular formula is C19H71O3P. The van der Waals surface area contributed by atoms with E-state index in [0.717, 1.165) is 0 Å². The van der Waals surface area contributed by atoms with Gasteiger partial charge in [-0.25, -0.2) is 0 Å². The minimum absolute atomic E-state index is 0. The largest absolute Gasteiger partial charge is 0.319 e. The molecule has 0 N–H and O–H groups in total. The van der Waals surface area contributed by atoms with Gasteiger partial charge in [0.1, 0.15) is 0 Å². The summed E-state index contributed by atoms with van der Waals surface area (Å²) in [7, 11) is -2.14. The molecule has 0 aliphatic carbocycles. The van der Waals surface area contributed by atoms with Crippen LogP contribution in [0.1, 0.15) is 125 Å². The molecule has 3 nitrogen and oxygen atoms in total. The molecule has 0 aromatic heterocycles. The lowest BCUT2D eigenvalue weighted by atomic mass is 10.9. The first-order valence-electron chi connectivity index (χ1n) is 2.60. The van der Waals surface area contributed by atoms with Crippen LogP contribution in [0.5, 0.6) is 0 Å². The molecule has 0 saturated heterocycles. The molecule has 0 spiro atoms. The average molecular weight is 379 g/mol. The number of rotatable bonds is 4. The Labute approximate surface area is 161 Å². The molecule has 0 bridgehead atoms. The third-order valence-corrected chi connectivity index (χ3v) is 1.57. The van der Waals surface area contributed by atoms with Gasteiger partial charge in [-0.1, -0.05) is 111 Å². The van der Waals surface area contributed by atoms with Crippen molar-refractivity contribution in [1.82, 2.24) is 0 Å². The fourth-order valence-corrected chi connectivity index (χ4v) is 0.832. The van der Waals surface area contributed by atoms with Gasteiger partial charge in [0.25, 0.3) is 0 Å². The van der Waals surface area contributed by atoms with Gasteiger partial charge in [0.15, 0.2) is 0 Å². The van der Waals surface area contributed by atoms with Crippen LogP contribution in [0.25, 0.3) is 0 Å². The van der Waals surface area contributed by atoms with Gasteiger partial charge in [-0.2, -0.15) is 0 Å². The van der Waals surface area contributed by atoms with Crippen molar-refractivity contribution in [3.63, 3.8) is 0 Å². The SMILES string of the molecule is C.C.C.C.C.C.C.C.C.C.C.C.C.C.C.CCO[PH](=O)OCC.